The second-order valence-corrected chi connectivity index (χ2v) is 5.27. The minimum atomic E-state index is -0.0908. The summed E-state index contributed by atoms with van der Waals surface area (Å²) in [6.45, 7) is 6.18. The van der Waals surface area contributed by atoms with Gasteiger partial charge in [-0.25, -0.2) is 4.68 Å². The first kappa shape index (κ1) is 12.5. The molecule has 0 bridgehead atoms. The third-order valence-electron chi connectivity index (χ3n) is 2.85. The number of hydrogen-bond donors (Lipinski definition) is 1. The summed E-state index contributed by atoms with van der Waals surface area (Å²) < 4.78 is 6.78. The number of H-pyrrole nitrogens is 1. The summed E-state index contributed by atoms with van der Waals surface area (Å²) in [5.41, 5.74) is 1.45. The Bertz CT molecular complexity index is 603. The zero-order valence-corrected chi connectivity index (χ0v) is 11.2. The zero-order valence-electron chi connectivity index (χ0n) is 11.2. The van der Waals surface area contributed by atoms with E-state index >= 15 is 0 Å². The van der Waals surface area contributed by atoms with E-state index in [1.54, 1.807) is 13.2 Å². The first-order valence-electron chi connectivity index (χ1n) is 5.89. The molecule has 0 unspecified atom stereocenters. The third kappa shape index (κ3) is 2.18. The number of nitrogens with zero attached hydrogens (tertiary/aromatic N) is 1. The summed E-state index contributed by atoms with van der Waals surface area (Å²) in [5.74, 6) is 0.668. The Morgan fingerprint density at radius 3 is 2.44 bits per heavy atom. The molecule has 0 fully saturated rings. The van der Waals surface area contributed by atoms with Crippen LogP contribution in [0, 0.1) is 0 Å². The van der Waals surface area contributed by atoms with Crippen molar-refractivity contribution in [3.05, 3.63) is 46.4 Å². The second-order valence-electron chi connectivity index (χ2n) is 5.27. The molecule has 96 valence electrons. The van der Waals surface area contributed by atoms with Crippen molar-refractivity contribution in [2.45, 2.75) is 26.2 Å². The molecule has 0 aliphatic carbocycles. The van der Waals surface area contributed by atoms with Gasteiger partial charge in [0.25, 0.3) is 5.56 Å². The van der Waals surface area contributed by atoms with Crippen LogP contribution in [-0.4, -0.2) is 16.9 Å². The SMILES string of the molecule is COc1ccccc1-n1[nH]c(C(C)(C)C)cc1=O. The van der Waals surface area contributed by atoms with Crippen LogP contribution in [0.15, 0.2) is 35.1 Å². The van der Waals surface area contributed by atoms with Crippen LogP contribution in [0.2, 0.25) is 0 Å². The predicted molar refractivity (Wildman–Crippen MR) is 71.6 cm³/mol. The molecular formula is C14H18N2O2. The number of nitrogens with one attached hydrogen (secondary N) is 1. The Labute approximate surface area is 106 Å². The van der Waals surface area contributed by atoms with Gasteiger partial charge in [0.1, 0.15) is 11.4 Å². The van der Waals surface area contributed by atoms with E-state index in [-0.39, 0.29) is 11.0 Å². The van der Waals surface area contributed by atoms with Gasteiger partial charge < -0.3 is 4.74 Å². The van der Waals surface area contributed by atoms with Crippen LogP contribution in [0.25, 0.3) is 5.69 Å². The van der Waals surface area contributed by atoms with Crippen LogP contribution < -0.4 is 10.3 Å². The molecule has 0 aliphatic rings. The number of rotatable bonds is 2. The highest BCUT2D eigenvalue weighted by Gasteiger charge is 2.18. The van der Waals surface area contributed by atoms with Gasteiger partial charge in [0, 0.05) is 17.2 Å². The van der Waals surface area contributed by atoms with E-state index < -0.39 is 0 Å². The lowest BCUT2D eigenvalue weighted by Crippen LogP contribution is -2.15. The van der Waals surface area contributed by atoms with E-state index in [9.17, 15) is 4.79 Å². The highest BCUT2D eigenvalue weighted by atomic mass is 16.5. The monoisotopic (exact) mass is 246 g/mol. The molecule has 1 heterocycles. The molecule has 18 heavy (non-hydrogen) atoms. The smallest absolute Gasteiger partial charge is 0.271 e. The van der Waals surface area contributed by atoms with Crippen molar-refractivity contribution in [2.75, 3.05) is 7.11 Å². The largest absolute Gasteiger partial charge is 0.494 e. The van der Waals surface area contributed by atoms with Crippen LogP contribution in [0.1, 0.15) is 26.5 Å². The van der Waals surface area contributed by atoms with Crippen molar-refractivity contribution in [1.82, 2.24) is 9.78 Å². The molecule has 0 saturated carbocycles. The van der Waals surface area contributed by atoms with Crippen molar-refractivity contribution in [2.24, 2.45) is 0 Å². The van der Waals surface area contributed by atoms with Crippen LogP contribution in [-0.2, 0) is 5.41 Å². The van der Waals surface area contributed by atoms with Crippen LogP contribution >= 0.6 is 0 Å². The fourth-order valence-corrected chi connectivity index (χ4v) is 1.77. The van der Waals surface area contributed by atoms with E-state index in [0.29, 0.717) is 5.75 Å². The quantitative estimate of drug-likeness (QED) is 0.884. The Morgan fingerprint density at radius 1 is 1.22 bits per heavy atom. The Balaban J connectivity index is 2.59. The maximum Gasteiger partial charge on any atom is 0.271 e. The van der Waals surface area contributed by atoms with Gasteiger partial charge in [0.05, 0.1) is 7.11 Å². The summed E-state index contributed by atoms with van der Waals surface area (Å²) in [6.07, 6.45) is 0. The first-order valence-corrected chi connectivity index (χ1v) is 5.89. The van der Waals surface area contributed by atoms with Crippen LogP contribution in [0.3, 0.4) is 0 Å². The fraction of sp³-hybridized carbons (Fsp3) is 0.357. The third-order valence-corrected chi connectivity index (χ3v) is 2.85. The van der Waals surface area contributed by atoms with Gasteiger partial charge in [0.15, 0.2) is 0 Å². The van der Waals surface area contributed by atoms with E-state index in [1.165, 1.54) is 4.68 Å². The Hall–Kier alpha value is -1.97. The molecular weight excluding hydrogens is 228 g/mol. The van der Waals surface area contributed by atoms with Gasteiger partial charge in [-0.1, -0.05) is 32.9 Å². The topological polar surface area (TPSA) is 47.0 Å². The minimum Gasteiger partial charge on any atom is -0.494 e. The molecule has 0 spiro atoms. The summed E-state index contributed by atoms with van der Waals surface area (Å²) >= 11 is 0. The van der Waals surface area contributed by atoms with Gasteiger partial charge in [-0.15, -0.1) is 0 Å². The van der Waals surface area contributed by atoms with Crippen LogP contribution in [0.4, 0.5) is 0 Å². The standard InChI is InChI=1S/C14H18N2O2/c1-14(2,3)12-9-13(17)16(15-12)10-7-5-6-8-11(10)18-4/h5-9,15H,1-4H3. The Kier molecular flexibility index (Phi) is 3.03. The Morgan fingerprint density at radius 2 is 1.89 bits per heavy atom. The normalized spacial score (nSPS) is 11.6. The molecule has 1 aromatic heterocycles. The average molecular weight is 246 g/mol. The molecule has 0 amide bonds. The fourth-order valence-electron chi connectivity index (χ4n) is 1.77. The van der Waals surface area contributed by atoms with Gasteiger partial charge in [-0.2, -0.15) is 0 Å². The number of methoxy groups -OCH3 is 1. The molecule has 4 nitrogen and oxygen atoms in total. The zero-order chi connectivity index (χ0) is 13.3. The highest BCUT2D eigenvalue weighted by Crippen LogP contribution is 2.23. The summed E-state index contributed by atoms with van der Waals surface area (Å²) in [7, 11) is 1.59. The lowest BCUT2D eigenvalue weighted by molar-refractivity contribution is 0.411. The van der Waals surface area contributed by atoms with E-state index in [4.69, 9.17) is 4.74 Å². The second kappa shape index (κ2) is 4.37. The summed E-state index contributed by atoms with van der Waals surface area (Å²) in [5, 5.41) is 3.14. The average Bonchev–Trinajstić information content (AvgIpc) is 2.71. The molecule has 0 saturated heterocycles. The van der Waals surface area contributed by atoms with Crippen LogP contribution in [0.5, 0.6) is 5.75 Å². The van der Waals surface area contributed by atoms with E-state index in [0.717, 1.165) is 11.4 Å². The van der Waals surface area contributed by atoms with Gasteiger partial charge >= 0.3 is 0 Å². The molecule has 0 atom stereocenters. The predicted octanol–water partition coefficient (Wildman–Crippen LogP) is 2.47. The number of hydrogen-bond acceptors (Lipinski definition) is 2. The molecule has 1 N–H and O–H groups in total. The van der Waals surface area contributed by atoms with Crippen molar-refractivity contribution in [1.29, 1.82) is 0 Å². The van der Waals surface area contributed by atoms with Crippen molar-refractivity contribution >= 4 is 0 Å². The molecule has 4 heteroatoms. The maximum atomic E-state index is 12.0. The number of para-hydroxylation sites is 2. The van der Waals surface area contributed by atoms with Crippen molar-refractivity contribution < 1.29 is 4.74 Å². The van der Waals surface area contributed by atoms with E-state index in [2.05, 4.69) is 25.9 Å². The molecule has 2 aromatic rings. The van der Waals surface area contributed by atoms with Crippen molar-refractivity contribution in [3.8, 4) is 11.4 Å². The molecule has 2 rings (SSSR count). The minimum absolute atomic E-state index is 0.0792. The van der Waals surface area contributed by atoms with Gasteiger partial charge in [-0.05, 0) is 12.1 Å². The number of benzene rings is 1. The maximum absolute atomic E-state index is 12.0. The lowest BCUT2D eigenvalue weighted by atomic mass is 9.93. The number of aromatic nitrogens is 2. The highest BCUT2D eigenvalue weighted by molar-refractivity contribution is 5.46. The summed E-state index contributed by atoms with van der Waals surface area (Å²) in [4.78, 5) is 12.0. The van der Waals surface area contributed by atoms with Gasteiger partial charge in [-0.3, -0.25) is 9.89 Å². The summed E-state index contributed by atoms with van der Waals surface area (Å²) in [6, 6.07) is 9.07. The van der Waals surface area contributed by atoms with E-state index in [1.807, 2.05) is 24.3 Å². The first-order chi connectivity index (χ1) is 8.43. The lowest BCUT2D eigenvalue weighted by Gasteiger charge is -2.16. The van der Waals surface area contributed by atoms with Gasteiger partial charge in [0.2, 0.25) is 0 Å². The number of ether oxygens (including phenoxy) is 1. The van der Waals surface area contributed by atoms with Crippen molar-refractivity contribution in [3.63, 3.8) is 0 Å². The molecule has 0 radical (unpaired) electrons. The molecule has 1 aromatic carbocycles. The molecule has 0 aliphatic heterocycles. The number of aromatic amines is 1.